The first-order chi connectivity index (χ1) is 17.0. The molecule has 3 N–H and O–H groups in total. The number of aromatic nitrogens is 3. The predicted molar refractivity (Wildman–Crippen MR) is 136 cm³/mol. The van der Waals surface area contributed by atoms with Gasteiger partial charge in [-0.25, -0.2) is 14.8 Å². The van der Waals surface area contributed by atoms with Crippen LogP contribution in [0, 0.1) is 0 Å². The molecule has 9 nitrogen and oxygen atoms in total. The van der Waals surface area contributed by atoms with Crippen molar-refractivity contribution in [1.82, 2.24) is 20.3 Å². The summed E-state index contributed by atoms with van der Waals surface area (Å²) in [6.07, 6.45) is 2.66. The first kappa shape index (κ1) is 23.6. The van der Waals surface area contributed by atoms with Gasteiger partial charge in [0.05, 0.1) is 23.9 Å². The zero-order valence-electron chi connectivity index (χ0n) is 19.7. The number of hydrogen-bond donors (Lipinski definition) is 3. The molecule has 0 saturated carbocycles. The van der Waals surface area contributed by atoms with E-state index in [9.17, 15) is 9.59 Å². The van der Waals surface area contributed by atoms with Crippen LogP contribution in [-0.4, -0.2) is 47.7 Å². The van der Waals surface area contributed by atoms with Crippen LogP contribution < -0.4 is 16.0 Å². The highest BCUT2D eigenvalue weighted by Gasteiger charge is 2.15. The van der Waals surface area contributed by atoms with Crippen molar-refractivity contribution >= 4 is 34.4 Å². The Morgan fingerprint density at radius 1 is 1.03 bits per heavy atom. The molecule has 0 aliphatic heterocycles. The molecule has 0 bridgehead atoms. The van der Waals surface area contributed by atoms with Crippen molar-refractivity contribution in [2.24, 2.45) is 0 Å². The zero-order chi connectivity index (χ0) is 24.8. The molecule has 2 aromatic heterocycles. The van der Waals surface area contributed by atoms with Crippen LogP contribution in [0.3, 0.4) is 0 Å². The normalized spacial score (nSPS) is 11.5. The summed E-state index contributed by atoms with van der Waals surface area (Å²) in [4.78, 5) is 36.9. The van der Waals surface area contributed by atoms with Crippen LogP contribution in [0.4, 0.5) is 16.3 Å². The van der Waals surface area contributed by atoms with Gasteiger partial charge in [-0.2, -0.15) is 0 Å². The second-order valence-corrected chi connectivity index (χ2v) is 7.95. The average molecular weight is 471 g/mol. The molecule has 2 heterocycles. The Labute approximate surface area is 203 Å². The lowest BCUT2D eigenvalue weighted by molar-refractivity contribution is 0.0964. The number of rotatable bonds is 7. The van der Waals surface area contributed by atoms with Crippen LogP contribution in [0.1, 0.15) is 28.8 Å². The van der Waals surface area contributed by atoms with E-state index in [1.54, 1.807) is 31.4 Å². The van der Waals surface area contributed by atoms with Crippen molar-refractivity contribution in [1.29, 1.82) is 0 Å². The minimum atomic E-state index is -0.522. The Bertz CT molecular complexity index is 1360. The second-order valence-electron chi connectivity index (χ2n) is 7.95. The standard InChI is InChI=1S/C26H26N6O3/c1-16(19-5-4-6-20-21(25(33)27-2)11-12-28-24(19)20)14-29-23-13-22(30-15-31-23)17-7-9-18(10-8-17)32-26(34)35-3/h4-13,15-16H,14H2,1-3H3,(H,27,33)(H,32,34)(H,29,30,31)/t16-/m1/s1. The van der Waals surface area contributed by atoms with Gasteiger partial charge in [-0.05, 0) is 23.8 Å². The van der Waals surface area contributed by atoms with E-state index >= 15 is 0 Å². The van der Waals surface area contributed by atoms with Crippen molar-refractivity contribution in [2.75, 3.05) is 31.3 Å². The minimum Gasteiger partial charge on any atom is -0.453 e. The van der Waals surface area contributed by atoms with Crippen LogP contribution >= 0.6 is 0 Å². The predicted octanol–water partition coefficient (Wildman–Crippen LogP) is 4.45. The maximum absolute atomic E-state index is 12.3. The number of hydrogen-bond acceptors (Lipinski definition) is 7. The monoisotopic (exact) mass is 470 g/mol. The molecule has 0 radical (unpaired) electrons. The Kier molecular flexibility index (Phi) is 7.15. The van der Waals surface area contributed by atoms with E-state index in [2.05, 4.69) is 42.6 Å². The highest BCUT2D eigenvalue weighted by atomic mass is 16.5. The van der Waals surface area contributed by atoms with E-state index in [0.717, 1.165) is 27.7 Å². The van der Waals surface area contributed by atoms with Crippen molar-refractivity contribution < 1.29 is 14.3 Å². The molecule has 0 spiro atoms. The van der Waals surface area contributed by atoms with Crippen LogP contribution in [0.25, 0.3) is 22.2 Å². The molecule has 0 fully saturated rings. The van der Waals surface area contributed by atoms with Crippen LogP contribution in [0.5, 0.6) is 0 Å². The van der Waals surface area contributed by atoms with Crippen LogP contribution in [0.2, 0.25) is 0 Å². The van der Waals surface area contributed by atoms with Gasteiger partial charge in [0.25, 0.3) is 5.91 Å². The SMILES string of the molecule is CNC(=O)c1ccnc2c([C@H](C)CNc3cc(-c4ccc(NC(=O)OC)cc4)ncn3)cccc12. The number of nitrogens with zero attached hydrogens (tertiary/aromatic N) is 3. The van der Waals surface area contributed by atoms with Gasteiger partial charge in [0.15, 0.2) is 0 Å². The van der Waals surface area contributed by atoms with E-state index < -0.39 is 6.09 Å². The zero-order valence-corrected chi connectivity index (χ0v) is 19.7. The Balaban J connectivity index is 1.49. The van der Waals surface area contributed by atoms with E-state index in [1.807, 2.05) is 36.4 Å². The maximum atomic E-state index is 12.3. The summed E-state index contributed by atoms with van der Waals surface area (Å²) in [5, 5.41) is 9.51. The molecule has 4 rings (SSSR count). The van der Waals surface area contributed by atoms with Crippen LogP contribution in [-0.2, 0) is 4.74 Å². The largest absolute Gasteiger partial charge is 0.453 e. The summed E-state index contributed by atoms with van der Waals surface area (Å²) in [5.41, 5.74) is 4.73. The van der Waals surface area contributed by atoms with Gasteiger partial charge < -0.3 is 15.4 Å². The van der Waals surface area contributed by atoms with Gasteiger partial charge in [0.2, 0.25) is 0 Å². The van der Waals surface area contributed by atoms with E-state index in [1.165, 1.54) is 13.4 Å². The number of carbonyl (C=O) groups excluding carboxylic acids is 2. The molecule has 4 aromatic rings. The lowest BCUT2D eigenvalue weighted by atomic mass is 9.96. The second kappa shape index (κ2) is 10.6. The molecule has 2 aromatic carbocycles. The lowest BCUT2D eigenvalue weighted by Gasteiger charge is -2.16. The molecule has 0 aliphatic rings. The molecule has 2 amide bonds. The summed E-state index contributed by atoms with van der Waals surface area (Å²) in [6.45, 7) is 2.72. The number of carbonyl (C=O) groups is 2. The third-order valence-electron chi connectivity index (χ3n) is 5.67. The molecular formula is C26H26N6O3. The van der Waals surface area contributed by atoms with Crippen molar-refractivity contribution in [2.45, 2.75) is 12.8 Å². The van der Waals surface area contributed by atoms with Crippen LogP contribution in [0.15, 0.2) is 67.1 Å². The van der Waals surface area contributed by atoms with Crippen molar-refractivity contribution in [3.8, 4) is 11.3 Å². The summed E-state index contributed by atoms with van der Waals surface area (Å²) in [5.74, 6) is 0.661. The fraction of sp³-hybridized carbons (Fsp3) is 0.192. The van der Waals surface area contributed by atoms with Gasteiger partial charge in [0.1, 0.15) is 12.1 Å². The summed E-state index contributed by atoms with van der Waals surface area (Å²) in [7, 11) is 2.94. The fourth-order valence-electron chi connectivity index (χ4n) is 3.80. The molecule has 0 saturated heterocycles. The van der Waals surface area contributed by atoms with Crippen molar-refractivity contribution in [3.63, 3.8) is 0 Å². The molecule has 35 heavy (non-hydrogen) atoms. The van der Waals surface area contributed by atoms with Gasteiger partial charge in [-0.1, -0.05) is 37.3 Å². The number of methoxy groups -OCH3 is 1. The van der Waals surface area contributed by atoms with Gasteiger partial charge >= 0.3 is 6.09 Å². The van der Waals surface area contributed by atoms with E-state index in [-0.39, 0.29) is 11.8 Å². The Morgan fingerprint density at radius 3 is 2.57 bits per heavy atom. The highest BCUT2D eigenvalue weighted by Crippen LogP contribution is 2.27. The van der Waals surface area contributed by atoms with Gasteiger partial charge in [0, 0.05) is 48.4 Å². The smallest absolute Gasteiger partial charge is 0.411 e. The fourth-order valence-corrected chi connectivity index (χ4v) is 3.80. The quantitative estimate of drug-likeness (QED) is 0.365. The average Bonchev–Trinajstić information content (AvgIpc) is 2.91. The summed E-state index contributed by atoms with van der Waals surface area (Å²) in [6, 6.07) is 16.8. The topological polar surface area (TPSA) is 118 Å². The molecule has 178 valence electrons. The maximum Gasteiger partial charge on any atom is 0.411 e. The van der Waals surface area contributed by atoms with Gasteiger partial charge in [-0.15, -0.1) is 0 Å². The first-order valence-corrected chi connectivity index (χ1v) is 11.1. The number of nitrogens with one attached hydrogen (secondary N) is 3. The number of benzene rings is 2. The Hall–Kier alpha value is -4.53. The molecule has 0 aliphatic carbocycles. The van der Waals surface area contributed by atoms with Crippen molar-refractivity contribution in [3.05, 3.63) is 78.2 Å². The summed E-state index contributed by atoms with van der Waals surface area (Å²) >= 11 is 0. The van der Waals surface area contributed by atoms with Gasteiger partial charge in [-0.3, -0.25) is 15.1 Å². The minimum absolute atomic E-state index is 0.105. The lowest BCUT2D eigenvalue weighted by Crippen LogP contribution is -2.18. The highest BCUT2D eigenvalue weighted by molar-refractivity contribution is 6.06. The number of fused-ring (bicyclic) bond motifs is 1. The number of pyridine rings is 1. The third-order valence-corrected chi connectivity index (χ3v) is 5.67. The molecule has 0 unspecified atom stereocenters. The first-order valence-electron chi connectivity index (χ1n) is 11.1. The Morgan fingerprint density at radius 2 is 1.83 bits per heavy atom. The number of anilines is 2. The van der Waals surface area contributed by atoms with E-state index in [4.69, 9.17) is 0 Å². The number of amides is 2. The number of ether oxygens (including phenoxy) is 1. The third kappa shape index (κ3) is 5.35. The molecule has 9 heteroatoms. The molecular weight excluding hydrogens is 444 g/mol. The summed E-state index contributed by atoms with van der Waals surface area (Å²) < 4.78 is 4.61. The molecule has 1 atom stereocenters. The van der Waals surface area contributed by atoms with E-state index in [0.29, 0.717) is 23.6 Å². The number of para-hydroxylation sites is 1.